The van der Waals surface area contributed by atoms with Crippen molar-refractivity contribution in [3.8, 4) is 0 Å². The second-order valence-corrected chi connectivity index (χ2v) is 0.492. The molecule has 0 aromatic heterocycles. The molecular formula is C2H7CoO2. The third kappa shape index (κ3) is 28100. The Morgan fingerprint density at radius 3 is 2.00 bits per heavy atom. The number of carbonyl (C=O) groups excluding carboxylic acids is 1. The summed E-state index contributed by atoms with van der Waals surface area (Å²) in [6.45, 7) is 0.972. The summed E-state index contributed by atoms with van der Waals surface area (Å²) in [6, 6.07) is 0. The molecule has 0 unspecified atom stereocenters. The number of aliphatic carboxylic acids is 1. The average Bonchev–Trinajstić information content (AvgIpc) is 0.811. The molecular weight excluding hydrogens is 115 g/mol. The molecule has 0 N–H and O–H groups in total. The van der Waals surface area contributed by atoms with E-state index in [2.05, 4.69) is 0 Å². The van der Waals surface area contributed by atoms with Gasteiger partial charge in [0.05, 0.1) is 0 Å². The van der Waals surface area contributed by atoms with E-state index in [4.69, 9.17) is 9.90 Å². The van der Waals surface area contributed by atoms with E-state index in [1.54, 1.807) is 0 Å². The van der Waals surface area contributed by atoms with Crippen LogP contribution >= 0.6 is 0 Å². The number of carbonyl (C=O) groups is 1. The van der Waals surface area contributed by atoms with Gasteiger partial charge in [0.25, 0.3) is 0 Å². The van der Waals surface area contributed by atoms with Gasteiger partial charge in [-0.1, -0.05) is 0 Å². The average molecular weight is 122 g/mol. The van der Waals surface area contributed by atoms with Crippen LogP contribution in [0.25, 0.3) is 0 Å². The topological polar surface area (TPSA) is 40.1 Å². The second kappa shape index (κ2) is 3.98. The zero-order chi connectivity index (χ0) is 3.58. The molecule has 0 spiro atoms. The Morgan fingerprint density at radius 1 is 2.00 bits per heavy atom. The van der Waals surface area contributed by atoms with Crippen LogP contribution in [0.2, 0.25) is 0 Å². The molecule has 36 valence electrons. The predicted octanol–water partition coefficient (Wildman–Crippen LogP) is -0.796. The van der Waals surface area contributed by atoms with Crippen LogP contribution in [0.5, 0.6) is 0 Å². The van der Waals surface area contributed by atoms with Gasteiger partial charge in [0.15, 0.2) is 0 Å². The first-order valence-electron chi connectivity index (χ1n) is 0.908. The fourth-order valence-electron chi connectivity index (χ4n) is 0. The van der Waals surface area contributed by atoms with Crippen LogP contribution in [0.15, 0.2) is 0 Å². The molecule has 5 heavy (non-hydrogen) atoms. The number of rotatable bonds is 0. The first-order chi connectivity index (χ1) is 1.73. The molecule has 0 saturated heterocycles. The SMILES string of the molecule is CC(=O)[O-].[Co+5].[H-].[H-].[H-].[H-]. The Kier molecular flexibility index (Phi) is 7.06. The molecule has 0 atom stereocenters. The third-order valence-electron chi connectivity index (χ3n) is 0. The van der Waals surface area contributed by atoms with E-state index in [9.17, 15) is 0 Å². The van der Waals surface area contributed by atoms with Gasteiger partial charge in [-0.2, -0.15) is 0 Å². The maximum Gasteiger partial charge on any atom is 5.00 e. The van der Waals surface area contributed by atoms with Crippen molar-refractivity contribution >= 4 is 5.97 Å². The number of hydrogen-bond acceptors (Lipinski definition) is 2. The molecule has 0 heterocycles. The second-order valence-electron chi connectivity index (χ2n) is 0.492. The molecule has 2 nitrogen and oxygen atoms in total. The standard InChI is InChI=1S/C2H4O2.Co.4H/c1-2(3)4;;;;;/h1H3,(H,3,4);;;;;/q;+5;4*-1/p-1. The zero-order valence-electron chi connectivity index (χ0n) is 6.65. The van der Waals surface area contributed by atoms with Crippen LogP contribution < -0.4 is 5.11 Å². The summed E-state index contributed by atoms with van der Waals surface area (Å²) in [5, 5.41) is 8.89. The van der Waals surface area contributed by atoms with E-state index in [0.717, 1.165) is 6.92 Å². The van der Waals surface area contributed by atoms with Gasteiger partial charge in [0, 0.05) is 5.97 Å². The first kappa shape index (κ1) is 8.88. The van der Waals surface area contributed by atoms with Crippen molar-refractivity contribution in [2.24, 2.45) is 0 Å². The molecule has 0 aromatic carbocycles. The largest absolute Gasteiger partial charge is 5.00 e. The Hall–Kier alpha value is -0.0235. The first-order valence-corrected chi connectivity index (χ1v) is 0.908. The summed E-state index contributed by atoms with van der Waals surface area (Å²) in [7, 11) is 0. The molecule has 0 saturated carbocycles. The van der Waals surface area contributed by atoms with Crippen LogP contribution in [-0.2, 0) is 21.6 Å². The quantitative estimate of drug-likeness (QED) is 0.422. The van der Waals surface area contributed by atoms with Gasteiger partial charge in [0.2, 0.25) is 0 Å². The Labute approximate surface area is 46.3 Å². The monoisotopic (exact) mass is 122 g/mol. The summed E-state index contributed by atoms with van der Waals surface area (Å²) in [5.41, 5.74) is 0. The van der Waals surface area contributed by atoms with E-state index in [0.29, 0.717) is 0 Å². The van der Waals surface area contributed by atoms with E-state index in [1.807, 2.05) is 0 Å². The van der Waals surface area contributed by atoms with E-state index >= 15 is 0 Å². The predicted molar refractivity (Wildman–Crippen MR) is 15.1 cm³/mol. The number of carboxylic acids is 1. The Morgan fingerprint density at radius 2 is 2.00 bits per heavy atom. The summed E-state index contributed by atoms with van der Waals surface area (Å²) >= 11 is 0. The maximum absolute atomic E-state index is 8.89. The Bertz CT molecular complexity index is 39.5. The third-order valence-corrected chi connectivity index (χ3v) is 0. The normalized spacial score (nSPS) is 5.00. The molecule has 0 aliphatic heterocycles. The summed E-state index contributed by atoms with van der Waals surface area (Å²) in [5.74, 6) is -1.08. The van der Waals surface area contributed by atoms with E-state index < -0.39 is 5.97 Å². The van der Waals surface area contributed by atoms with Crippen molar-refractivity contribution in [1.29, 1.82) is 0 Å². The van der Waals surface area contributed by atoms with Crippen LogP contribution in [0, 0.1) is 0 Å². The fraction of sp³-hybridized carbons (Fsp3) is 0.500. The van der Waals surface area contributed by atoms with Crippen molar-refractivity contribution < 1.29 is 32.4 Å². The molecule has 0 aliphatic rings. The van der Waals surface area contributed by atoms with Crippen molar-refractivity contribution in [3.05, 3.63) is 0 Å². The molecule has 0 radical (unpaired) electrons. The van der Waals surface area contributed by atoms with Gasteiger partial charge in [-0.15, -0.1) is 0 Å². The number of hydrogen-bond donors (Lipinski definition) is 0. The molecule has 0 aliphatic carbocycles. The summed E-state index contributed by atoms with van der Waals surface area (Å²) in [4.78, 5) is 8.89. The molecule has 0 aromatic rings. The minimum Gasteiger partial charge on any atom is -1.00 e. The zero-order valence-corrected chi connectivity index (χ0v) is 3.69. The number of carboxylic acid groups (broad SMARTS) is 1. The van der Waals surface area contributed by atoms with Gasteiger partial charge in [-0.3, -0.25) is 0 Å². The van der Waals surface area contributed by atoms with Crippen molar-refractivity contribution in [1.82, 2.24) is 0 Å². The van der Waals surface area contributed by atoms with Gasteiger partial charge < -0.3 is 15.6 Å². The molecule has 3 heteroatoms. The summed E-state index contributed by atoms with van der Waals surface area (Å²) < 4.78 is 0. The van der Waals surface area contributed by atoms with Crippen molar-refractivity contribution in [2.45, 2.75) is 6.92 Å². The minimum atomic E-state index is -1.08. The van der Waals surface area contributed by atoms with Gasteiger partial charge in [-0.05, 0) is 6.92 Å². The van der Waals surface area contributed by atoms with Gasteiger partial charge in [0.1, 0.15) is 0 Å². The molecule has 0 amide bonds. The molecule has 0 fully saturated rings. The van der Waals surface area contributed by atoms with Crippen LogP contribution in [-0.4, -0.2) is 5.97 Å². The summed E-state index contributed by atoms with van der Waals surface area (Å²) in [6.07, 6.45) is 0. The van der Waals surface area contributed by atoms with Crippen molar-refractivity contribution in [2.75, 3.05) is 0 Å². The maximum atomic E-state index is 8.89. The van der Waals surface area contributed by atoms with E-state index in [-0.39, 0.29) is 22.5 Å². The van der Waals surface area contributed by atoms with E-state index in [1.165, 1.54) is 0 Å². The smallest absolute Gasteiger partial charge is 1.00 e. The molecule has 0 bridgehead atoms. The van der Waals surface area contributed by atoms with Crippen LogP contribution in [0.4, 0.5) is 0 Å². The minimum absolute atomic E-state index is 0. The van der Waals surface area contributed by atoms with Gasteiger partial charge in [-0.25, -0.2) is 0 Å². The Balaban J connectivity index is -0.00000000450. The van der Waals surface area contributed by atoms with Crippen molar-refractivity contribution in [3.63, 3.8) is 0 Å². The van der Waals surface area contributed by atoms with Gasteiger partial charge >= 0.3 is 16.8 Å². The molecule has 0 rings (SSSR count). The fourth-order valence-corrected chi connectivity index (χ4v) is 0. The van der Waals surface area contributed by atoms with Crippen LogP contribution in [0.3, 0.4) is 0 Å². The van der Waals surface area contributed by atoms with Crippen LogP contribution in [0.1, 0.15) is 12.6 Å².